The normalized spacial score (nSPS) is 15.7. The van der Waals surface area contributed by atoms with Gasteiger partial charge in [0.15, 0.2) is 0 Å². The van der Waals surface area contributed by atoms with Crippen molar-refractivity contribution in [3.05, 3.63) is 51.2 Å². The van der Waals surface area contributed by atoms with Crippen molar-refractivity contribution >= 4 is 11.3 Å². The van der Waals surface area contributed by atoms with E-state index in [1.807, 2.05) is 11.3 Å². The first kappa shape index (κ1) is 14.7. The lowest BCUT2D eigenvalue weighted by Crippen LogP contribution is -2.23. The van der Waals surface area contributed by atoms with E-state index in [-0.39, 0.29) is 11.9 Å². The minimum Gasteiger partial charge on any atom is -0.306 e. The maximum absolute atomic E-state index is 14.1. The van der Waals surface area contributed by atoms with Crippen molar-refractivity contribution in [3.63, 3.8) is 0 Å². The first-order valence-electron chi connectivity index (χ1n) is 7.74. The second kappa shape index (κ2) is 6.67. The van der Waals surface area contributed by atoms with Gasteiger partial charge in [0.25, 0.3) is 0 Å². The molecule has 1 atom stereocenters. The molecule has 0 radical (unpaired) electrons. The highest BCUT2D eigenvalue weighted by Gasteiger charge is 2.22. The van der Waals surface area contributed by atoms with Crippen LogP contribution >= 0.6 is 11.3 Å². The Labute approximate surface area is 129 Å². The molecular formula is C17H21FN2S. The Kier molecular flexibility index (Phi) is 4.66. The third-order valence-corrected chi connectivity index (χ3v) is 5.32. The summed E-state index contributed by atoms with van der Waals surface area (Å²) in [6, 6.07) is 4.02. The third kappa shape index (κ3) is 3.16. The van der Waals surface area contributed by atoms with Crippen LogP contribution in [0, 0.1) is 5.82 Å². The second-order valence-electron chi connectivity index (χ2n) is 5.59. The van der Waals surface area contributed by atoms with Gasteiger partial charge >= 0.3 is 0 Å². The van der Waals surface area contributed by atoms with Crippen LogP contribution < -0.4 is 5.32 Å². The van der Waals surface area contributed by atoms with E-state index in [0.717, 1.165) is 13.0 Å². The first-order chi connectivity index (χ1) is 10.3. The topological polar surface area (TPSA) is 24.9 Å². The molecule has 0 saturated heterocycles. The molecule has 2 aromatic heterocycles. The molecule has 1 aliphatic rings. The highest BCUT2D eigenvalue weighted by atomic mass is 32.1. The van der Waals surface area contributed by atoms with Crippen molar-refractivity contribution in [3.8, 4) is 0 Å². The van der Waals surface area contributed by atoms with E-state index in [1.54, 1.807) is 12.3 Å². The molecule has 0 aromatic carbocycles. The Bertz CT molecular complexity index is 585. The molecule has 0 saturated carbocycles. The summed E-state index contributed by atoms with van der Waals surface area (Å²) in [4.78, 5) is 6.60. The van der Waals surface area contributed by atoms with E-state index >= 15 is 0 Å². The zero-order chi connectivity index (χ0) is 14.7. The van der Waals surface area contributed by atoms with Crippen molar-refractivity contribution in [2.24, 2.45) is 0 Å². The number of rotatable bonds is 5. The highest BCUT2D eigenvalue weighted by Crippen LogP contribution is 2.35. The maximum Gasteiger partial charge on any atom is 0.146 e. The summed E-state index contributed by atoms with van der Waals surface area (Å²) >= 11 is 1.85. The largest absolute Gasteiger partial charge is 0.306 e. The molecule has 1 aliphatic carbocycles. The molecule has 4 heteroatoms. The van der Waals surface area contributed by atoms with Crippen LogP contribution in [0.15, 0.2) is 24.5 Å². The number of pyridine rings is 1. The monoisotopic (exact) mass is 304 g/mol. The number of aromatic nitrogens is 1. The summed E-state index contributed by atoms with van der Waals surface area (Å²) in [5, 5.41) is 3.49. The van der Waals surface area contributed by atoms with Gasteiger partial charge in [-0.15, -0.1) is 11.3 Å². The minimum absolute atomic E-state index is 0.0523. The fourth-order valence-electron chi connectivity index (χ4n) is 2.93. The molecule has 0 fully saturated rings. The van der Waals surface area contributed by atoms with Gasteiger partial charge in [0.2, 0.25) is 0 Å². The highest BCUT2D eigenvalue weighted by molar-refractivity contribution is 7.12. The second-order valence-corrected chi connectivity index (χ2v) is 6.76. The first-order valence-corrected chi connectivity index (χ1v) is 8.55. The van der Waals surface area contributed by atoms with Crippen molar-refractivity contribution < 1.29 is 4.39 Å². The van der Waals surface area contributed by atoms with Gasteiger partial charge in [-0.3, -0.25) is 4.98 Å². The molecule has 0 spiro atoms. The number of fused-ring (bicyclic) bond motifs is 1. The smallest absolute Gasteiger partial charge is 0.146 e. The van der Waals surface area contributed by atoms with Crippen LogP contribution in [0.5, 0.6) is 0 Å². The lowest BCUT2D eigenvalue weighted by atomic mass is 9.98. The summed E-state index contributed by atoms with van der Waals surface area (Å²) in [5.41, 5.74) is 2.18. The van der Waals surface area contributed by atoms with Crippen molar-refractivity contribution in [2.75, 3.05) is 6.54 Å². The fraction of sp³-hybridized carbons (Fsp3) is 0.471. The lowest BCUT2D eigenvalue weighted by molar-refractivity contribution is 0.547. The molecule has 1 unspecified atom stereocenters. The molecule has 0 bridgehead atoms. The average molecular weight is 304 g/mol. The molecule has 3 rings (SSSR count). The zero-order valence-corrected chi connectivity index (χ0v) is 13.2. The van der Waals surface area contributed by atoms with Crippen LogP contribution in [0.1, 0.15) is 53.1 Å². The molecule has 0 aliphatic heterocycles. The van der Waals surface area contributed by atoms with Gasteiger partial charge in [0.1, 0.15) is 5.82 Å². The third-order valence-electron chi connectivity index (χ3n) is 4.01. The van der Waals surface area contributed by atoms with Gasteiger partial charge in [0, 0.05) is 21.5 Å². The van der Waals surface area contributed by atoms with E-state index < -0.39 is 0 Å². The number of aryl methyl sites for hydroxylation is 2. The average Bonchev–Trinajstić information content (AvgIpc) is 2.93. The molecule has 1 N–H and O–H groups in total. The molecule has 0 amide bonds. The Hall–Kier alpha value is -1.26. The van der Waals surface area contributed by atoms with Gasteiger partial charge in [-0.1, -0.05) is 6.92 Å². The summed E-state index contributed by atoms with van der Waals surface area (Å²) in [6.45, 7) is 3.02. The number of nitrogens with one attached hydrogen (secondary N) is 1. The number of thiophene rings is 1. The van der Waals surface area contributed by atoms with Crippen LogP contribution in [0.3, 0.4) is 0 Å². The van der Waals surface area contributed by atoms with E-state index in [2.05, 4.69) is 23.3 Å². The molecular weight excluding hydrogens is 283 g/mol. The van der Waals surface area contributed by atoms with Crippen LogP contribution in [0.2, 0.25) is 0 Å². The minimum atomic E-state index is -0.225. The molecule has 112 valence electrons. The lowest BCUT2D eigenvalue weighted by Gasteiger charge is -2.18. The van der Waals surface area contributed by atoms with Gasteiger partial charge in [0.05, 0.1) is 12.2 Å². The number of halogens is 1. The summed E-state index contributed by atoms with van der Waals surface area (Å²) < 4.78 is 14.1. The van der Waals surface area contributed by atoms with Crippen LogP contribution in [-0.2, 0) is 12.8 Å². The Morgan fingerprint density at radius 1 is 1.38 bits per heavy atom. The van der Waals surface area contributed by atoms with Gasteiger partial charge in [-0.2, -0.15) is 0 Å². The SMILES string of the molecule is CCCNC(c1cc2c(s1)CCCC2)c1ccncc1F. The Morgan fingerprint density at radius 3 is 3.00 bits per heavy atom. The van der Waals surface area contributed by atoms with Gasteiger partial charge < -0.3 is 5.32 Å². The molecule has 2 nitrogen and oxygen atoms in total. The summed E-state index contributed by atoms with van der Waals surface area (Å²) in [7, 11) is 0. The maximum atomic E-state index is 14.1. The molecule has 2 aromatic rings. The Balaban J connectivity index is 1.95. The zero-order valence-electron chi connectivity index (χ0n) is 12.4. The predicted molar refractivity (Wildman–Crippen MR) is 85.3 cm³/mol. The van der Waals surface area contributed by atoms with Crippen LogP contribution in [-0.4, -0.2) is 11.5 Å². The van der Waals surface area contributed by atoms with Crippen LogP contribution in [0.4, 0.5) is 4.39 Å². The number of nitrogens with zero attached hydrogens (tertiary/aromatic N) is 1. The van der Waals surface area contributed by atoms with Crippen molar-refractivity contribution in [1.82, 2.24) is 10.3 Å². The Morgan fingerprint density at radius 2 is 2.24 bits per heavy atom. The van der Waals surface area contributed by atoms with Gasteiger partial charge in [-0.25, -0.2) is 4.39 Å². The summed E-state index contributed by atoms with van der Waals surface area (Å²) in [6.07, 6.45) is 8.93. The van der Waals surface area contributed by atoms with E-state index in [1.165, 1.54) is 47.2 Å². The quantitative estimate of drug-likeness (QED) is 0.893. The predicted octanol–water partition coefficient (Wildman–Crippen LogP) is 4.25. The number of hydrogen-bond donors (Lipinski definition) is 1. The molecule has 2 heterocycles. The summed E-state index contributed by atoms with van der Waals surface area (Å²) in [5.74, 6) is -0.225. The van der Waals surface area contributed by atoms with E-state index in [4.69, 9.17) is 0 Å². The number of hydrogen-bond acceptors (Lipinski definition) is 3. The van der Waals surface area contributed by atoms with Crippen molar-refractivity contribution in [2.45, 2.75) is 45.1 Å². The van der Waals surface area contributed by atoms with E-state index in [0.29, 0.717) is 5.56 Å². The van der Waals surface area contributed by atoms with E-state index in [9.17, 15) is 4.39 Å². The van der Waals surface area contributed by atoms with Crippen molar-refractivity contribution in [1.29, 1.82) is 0 Å². The standard InChI is InChI=1S/C17H21FN2S/c1-2-8-20-17(13-7-9-19-11-14(13)18)16-10-12-5-3-4-6-15(12)21-16/h7,9-11,17,20H,2-6,8H2,1H3. The molecule has 21 heavy (non-hydrogen) atoms. The van der Waals surface area contributed by atoms with Gasteiger partial charge in [-0.05, 0) is 56.3 Å². The van der Waals surface area contributed by atoms with Crippen LogP contribution in [0.25, 0.3) is 0 Å². The fourth-order valence-corrected chi connectivity index (χ4v) is 4.28.